The minimum absolute atomic E-state index is 0.511. The van der Waals surface area contributed by atoms with Crippen molar-refractivity contribution in [1.29, 1.82) is 0 Å². The maximum Gasteiger partial charge on any atom is 0.137 e. The standard InChI is InChI=1S/C14H11ClO2S2/c1-17-10-3-2-8(6-9(10)15)14(16)13-7-12-11(19-13)4-5-18-12/h2-7,14,16H,1H3. The van der Waals surface area contributed by atoms with E-state index in [2.05, 4.69) is 11.4 Å². The monoisotopic (exact) mass is 310 g/mol. The van der Waals surface area contributed by atoms with E-state index in [0.29, 0.717) is 10.8 Å². The van der Waals surface area contributed by atoms with Gasteiger partial charge in [-0.2, -0.15) is 0 Å². The number of aliphatic hydroxyl groups excluding tert-OH is 1. The second-order valence-electron chi connectivity index (χ2n) is 4.09. The third-order valence-corrected chi connectivity index (χ3v) is 5.36. The van der Waals surface area contributed by atoms with Crippen molar-refractivity contribution in [3.05, 3.63) is 51.2 Å². The fourth-order valence-electron chi connectivity index (χ4n) is 1.94. The number of rotatable bonds is 3. The molecule has 0 aliphatic rings. The number of hydrogen-bond donors (Lipinski definition) is 1. The molecule has 0 fully saturated rings. The van der Waals surface area contributed by atoms with Crippen molar-refractivity contribution in [2.24, 2.45) is 0 Å². The summed E-state index contributed by atoms with van der Waals surface area (Å²) in [5.41, 5.74) is 0.778. The van der Waals surface area contributed by atoms with E-state index in [4.69, 9.17) is 16.3 Å². The van der Waals surface area contributed by atoms with Crippen LogP contribution in [0.15, 0.2) is 35.7 Å². The number of aliphatic hydroxyl groups is 1. The predicted molar refractivity (Wildman–Crippen MR) is 81.8 cm³/mol. The molecule has 1 N–H and O–H groups in total. The highest BCUT2D eigenvalue weighted by Crippen LogP contribution is 2.37. The van der Waals surface area contributed by atoms with Crippen LogP contribution in [0.25, 0.3) is 9.40 Å². The number of thiophene rings is 2. The molecule has 0 aliphatic heterocycles. The van der Waals surface area contributed by atoms with Gasteiger partial charge in [0.25, 0.3) is 0 Å². The fraction of sp³-hybridized carbons (Fsp3) is 0.143. The first-order valence-corrected chi connectivity index (χ1v) is 7.75. The highest BCUT2D eigenvalue weighted by atomic mass is 35.5. The van der Waals surface area contributed by atoms with Crippen molar-refractivity contribution in [1.82, 2.24) is 0 Å². The summed E-state index contributed by atoms with van der Waals surface area (Å²) in [6, 6.07) is 9.47. The summed E-state index contributed by atoms with van der Waals surface area (Å²) in [6.45, 7) is 0. The van der Waals surface area contributed by atoms with E-state index in [0.717, 1.165) is 10.4 Å². The molecule has 2 nitrogen and oxygen atoms in total. The molecule has 0 saturated carbocycles. The van der Waals surface area contributed by atoms with Crippen molar-refractivity contribution in [3.8, 4) is 5.75 Å². The van der Waals surface area contributed by atoms with Gasteiger partial charge in [-0.15, -0.1) is 22.7 Å². The third kappa shape index (κ3) is 2.37. The molecule has 0 aliphatic carbocycles. The summed E-state index contributed by atoms with van der Waals surface area (Å²) in [6.07, 6.45) is -0.645. The topological polar surface area (TPSA) is 29.5 Å². The molecule has 1 atom stereocenters. The number of methoxy groups -OCH3 is 1. The predicted octanol–water partition coefficient (Wildman–Crippen LogP) is 4.71. The summed E-state index contributed by atoms with van der Waals surface area (Å²) in [5, 5.41) is 13.0. The highest BCUT2D eigenvalue weighted by molar-refractivity contribution is 7.26. The lowest BCUT2D eigenvalue weighted by Crippen LogP contribution is -1.97. The maximum absolute atomic E-state index is 10.4. The molecule has 0 radical (unpaired) electrons. The van der Waals surface area contributed by atoms with Crippen LogP contribution in [0, 0.1) is 0 Å². The Balaban J connectivity index is 1.96. The Bertz CT molecular complexity index is 689. The van der Waals surface area contributed by atoms with Crippen LogP contribution in [-0.4, -0.2) is 12.2 Å². The van der Waals surface area contributed by atoms with Gasteiger partial charge in [0, 0.05) is 14.3 Å². The maximum atomic E-state index is 10.4. The number of fused-ring (bicyclic) bond motifs is 1. The first kappa shape index (κ1) is 12.9. The van der Waals surface area contributed by atoms with E-state index in [1.165, 1.54) is 9.40 Å². The van der Waals surface area contributed by atoms with Crippen molar-refractivity contribution in [2.75, 3.05) is 7.11 Å². The molecule has 3 rings (SSSR count). The van der Waals surface area contributed by atoms with Gasteiger partial charge in [0.15, 0.2) is 0 Å². The zero-order chi connectivity index (χ0) is 13.4. The molecule has 1 aromatic carbocycles. The van der Waals surface area contributed by atoms with Gasteiger partial charge in [0.2, 0.25) is 0 Å². The van der Waals surface area contributed by atoms with Gasteiger partial charge in [0.1, 0.15) is 11.9 Å². The number of hydrogen-bond acceptors (Lipinski definition) is 4. The summed E-state index contributed by atoms with van der Waals surface area (Å²) in [5.74, 6) is 0.616. The number of benzene rings is 1. The van der Waals surface area contributed by atoms with Gasteiger partial charge in [-0.1, -0.05) is 17.7 Å². The molecule has 3 aromatic rings. The smallest absolute Gasteiger partial charge is 0.137 e. The zero-order valence-electron chi connectivity index (χ0n) is 10.1. The van der Waals surface area contributed by atoms with E-state index in [9.17, 15) is 5.11 Å². The first-order chi connectivity index (χ1) is 9.19. The fourth-order valence-corrected chi connectivity index (χ4v) is 4.34. The molecule has 0 saturated heterocycles. The Morgan fingerprint density at radius 2 is 2.05 bits per heavy atom. The minimum atomic E-state index is -0.645. The Labute approximate surface area is 123 Å². The Hall–Kier alpha value is -1.07. The van der Waals surface area contributed by atoms with Crippen LogP contribution in [0.2, 0.25) is 5.02 Å². The Morgan fingerprint density at radius 3 is 2.74 bits per heavy atom. The molecule has 1 unspecified atom stereocenters. The van der Waals surface area contributed by atoms with Crippen molar-refractivity contribution in [2.45, 2.75) is 6.10 Å². The second-order valence-corrected chi connectivity index (χ2v) is 6.56. The number of halogens is 1. The van der Waals surface area contributed by atoms with Crippen LogP contribution in [0.5, 0.6) is 5.75 Å². The summed E-state index contributed by atoms with van der Waals surface area (Å²) in [7, 11) is 1.57. The second kappa shape index (κ2) is 5.13. The normalized spacial score (nSPS) is 12.8. The third-order valence-electron chi connectivity index (χ3n) is 2.92. The molecular weight excluding hydrogens is 300 g/mol. The van der Waals surface area contributed by atoms with Crippen LogP contribution in [-0.2, 0) is 0 Å². The van der Waals surface area contributed by atoms with Crippen molar-refractivity contribution < 1.29 is 9.84 Å². The minimum Gasteiger partial charge on any atom is -0.495 e. The van der Waals surface area contributed by atoms with E-state index >= 15 is 0 Å². The van der Waals surface area contributed by atoms with E-state index in [-0.39, 0.29) is 0 Å². The highest BCUT2D eigenvalue weighted by Gasteiger charge is 2.15. The quantitative estimate of drug-likeness (QED) is 0.759. The van der Waals surface area contributed by atoms with E-state index in [1.807, 2.05) is 12.1 Å². The average molecular weight is 311 g/mol. The molecule has 98 valence electrons. The van der Waals surface area contributed by atoms with Gasteiger partial charge in [-0.05, 0) is 35.2 Å². The van der Waals surface area contributed by atoms with Crippen molar-refractivity contribution in [3.63, 3.8) is 0 Å². The van der Waals surface area contributed by atoms with E-state index < -0.39 is 6.10 Å². The van der Waals surface area contributed by atoms with Gasteiger partial charge in [-0.25, -0.2) is 0 Å². The molecule has 0 bridgehead atoms. The van der Waals surface area contributed by atoms with E-state index in [1.54, 1.807) is 41.9 Å². The molecule has 0 amide bonds. The lowest BCUT2D eigenvalue weighted by Gasteiger charge is -2.11. The largest absolute Gasteiger partial charge is 0.495 e. The van der Waals surface area contributed by atoms with Gasteiger partial charge < -0.3 is 9.84 Å². The first-order valence-electron chi connectivity index (χ1n) is 5.67. The zero-order valence-corrected chi connectivity index (χ0v) is 12.5. The van der Waals surface area contributed by atoms with Crippen molar-refractivity contribution >= 4 is 43.7 Å². The van der Waals surface area contributed by atoms with Crippen LogP contribution in [0.1, 0.15) is 16.5 Å². The molecule has 0 spiro atoms. The van der Waals surface area contributed by atoms with Crippen LogP contribution in [0.3, 0.4) is 0 Å². The summed E-state index contributed by atoms with van der Waals surface area (Å²) >= 11 is 9.38. The molecule has 5 heteroatoms. The SMILES string of the molecule is COc1ccc(C(O)c2cc3sccc3s2)cc1Cl. The number of ether oxygens (including phenoxy) is 1. The van der Waals surface area contributed by atoms with Crippen LogP contribution < -0.4 is 4.74 Å². The molecule has 2 heterocycles. The lowest BCUT2D eigenvalue weighted by atomic mass is 10.1. The summed E-state index contributed by atoms with van der Waals surface area (Å²) < 4.78 is 7.53. The molecule has 19 heavy (non-hydrogen) atoms. The Morgan fingerprint density at radius 1 is 1.21 bits per heavy atom. The molecule has 2 aromatic heterocycles. The Kier molecular flexibility index (Phi) is 3.50. The summed E-state index contributed by atoms with van der Waals surface area (Å²) in [4.78, 5) is 0.933. The van der Waals surface area contributed by atoms with Gasteiger partial charge in [0.05, 0.1) is 12.1 Å². The average Bonchev–Trinajstić information content (AvgIpc) is 2.98. The van der Waals surface area contributed by atoms with Gasteiger partial charge >= 0.3 is 0 Å². The molecular formula is C14H11ClO2S2. The van der Waals surface area contributed by atoms with Gasteiger partial charge in [-0.3, -0.25) is 0 Å². The van der Waals surface area contributed by atoms with Crippen LogP contribution >= 0.6 is 34.3 Å². The van der Waals surface area contributed by atoms with Crippen LogP contribution in [0.4, 0.5) is 0 Å². The lowest BCUT2D eigenvalue weighted by molar-refractivity contribution is 0.224.